The van der Waals surface area contributed by atoms with E-state index in [0.29, 0.717) is 31.0 Å². The maximum absolute atomic E-state index is 12.9. The number of piperazine rings is 1. The van der Waals surface area contributed by atoms with E-state index in [4.69, 9.17) is 4.74 Å². The van der Waals surface area contributed by atoms with Gasteiger partial charge in [-0.05, 0) is 42.0 Å². The molecule has 0 saturated carbocycles. The third-order valence-corrected chi connectivity index (χ3v) is 5.24. The second kappa shape index (κ2) is 9.09. The van der Waals surface area contributed by atoms with Gasteiger partial charge in [-0.1, -0.05) is 12.1 Å². The van der Waals surface area contributed by atoms with Gasteiger partial charge in [0.15, 0.2) is 0 Å². The summed E-state index contributed by atoms with van der Waals surface area (Å²) < 4.78 is 20.4. The van der Waals surface area contributed by atoms with Gasteiger partial charge in [-0.2, -0.15) is 5.10 Å². The van der Waals surface area contributed by atoms with Gasteiger partial charge in [0.25, 0.3) is 5.91 Å². The Morgan fingerprint density at radius 2 is 1.70 bits per heavy atom. The van der Waals surface area contributed by atoms with Gasteiger partial charge in [-0.25, -0.2) is 4.39 Å². The molecule has 3 aromatic rings. The Morgan fingerprint density at radius 1 is 1.00 bits per heavy atom. The lowest BCUT2D eigenvalue weighted by Crippen LogP contribution is -2.48. The van der Waals surface area contributed by atoms with Crippen molar-refractivity contribution < 1.29 is 13.9 Å². The van der Waals surface area contributed by atoms with Crippen molar-refractivity contribution in [1.82, 2.24) is 19.6 Å². The van der Waals surface area contributed by atoms with Crippen molar-refractivity contribution in [3.63, 3.8) is 0 Å². The lowest BCUT2D eigenvalue weighted by Gasteiger charge is -2.34. The molecule has 0 atom stereocenters. The van der Waals surface area contributed by atoms with E-state index in [1.807, 2.05) is 53.3 Å². The number of carbonyl (C=O) groups is 1. The predicted octanol–water partition coefficient (Wildman–Crippen LogP) is 3.10. The highest BCUT2D eigenvalue weighted by Crippen LogP contribution is 2.15. The highest BCUT2D eigenvalue weighted by atomic mass is 19.1. The van der Waals surface area contributed by atoms with Crippen LogP contribution in [0.5, 0.6) is 5.75 Å². The van der Waals surface area contributed by atoms with Gasteiger partial charge in [0.2, 0.25) is 0 Å². The molecule has 1 saturated heterocycles. The Bertz CT molecular complexity index is 977. The summed E-state index contributed by atoms with van der Waals surface area (Å²) in [5.41, 5.74) is 2.83. The summed E-state index contributed by atoms with van der Waals surface area (Å²) in [5.74, 6) is 0.380. The van der Waals surface area contributed by atoms with Crippen LogP contribution in [0.1, 0.15) is 21.5 Å². The van der Waals surface area contributed by atoms with Crippen LogP contribution in [0.4, 0.5) is 4.39 Å². The lowest BCUT2D eigenvalue weighted by molar-refractivity contribution is 0.0628. The van der Waals surface area contributed by atoms with Crippen LogP contribution in [0.15, 0.2) is 60.9 Å². The second-order valence-electron chi connectivity index (χ2n) is 7.53. The maximum Gasteiger partial charge on any atom is 0.253 e. The van der Waals surface area contributed by atoms with Gasteiger partial charge in [-0.15, -0.1) is 0 Å². The lowest BCUT2D eigenvalue weighted by atomic mass is 10.1. The smallest absolute Gasteiger partial charge is 0.253 e. The fourth-order valence-electron chi connectivity index (χ4n) is 3.54. The average molecular weight is 408 g/mol. The van der Waals surface area contributed by atoms with E-state index in [0.717, 1.165) is 25.2 Å². The van der Waals surface area contributed by atoms with E-state index in [1.165, 1.54) is 17.7 Å². The fourth-order valence-corrected chi connectivity index (χ4v) is 3.54. The minimum absolute atomic E-state index is 0.0574. The minimum Gasteiger partial charge on any atom is -0.489 e. The number of hydrogen-bond donors (Lipinski definition) is 0. The number of halogens is 1. The molecule has 0 bridgehead atoms. The minimum atomic E-state index is -0.289. The summed E-state index contributed by atoms with van der Waals surface area (Å²) in [4.78, 5) is 17.1. The van der Waals surface area contributed by atoms with Crippen molar-refractivity contribution in [2.75, 3.05) is 26.2 Å². The topological polar surface area (TPSA) is 50.6 Å². The average Bonchev–Trinajstić information content (AvgIpc) is 3.18. The first-order chi connectivity index (χ1) is 14.6. The first-order valence-corrected chi connectivity index (χ1v) is 10.0. The van der Waals surface area contributed by atoms with Crippen molar-refractivity contribution in [2.45, 2.75) is 13.2 Å². The molecule has 1 aliphatic rings. The molecule has 7 heteroatoms. The summed E-state index contributed by atoms with van der Waals surface area (Å²) in [6.45, 7) is 4.36. The van der Waals surface area contributed by atoms with E-state index in [1.54, 1.807) is 12.1 Å². The molecular weight excluding hydrogens is 383 g/mol. The second-order valence-corrected chi connectivity index (χ2v) is 7.53. The Morgan fingerprint density at radius 3 is 2.33 bits per heavy atom. The highest BCUT2D eigenvalue weighted by molar-refractivity contribution is 5.94. The molecule has 1 amide bonds. The zero-order chi connectivity index (χ0) is 20.9. The van der Waals surface area contributed by atoms with Crippen LogP contribution in [0.3, 0.4) is 0 Å². The summed E-state index contributed by atoms with van der Waals surface area (Å²) in [6.07, 6.45) is 3.91. The first-order valence-electron chi connectivity index (χ1n) is 10.0. The van der Waals surface area contributed by atoms with E-state index in [9.17, 15) is 9.18 Å². The molecule has 4 rings (SSSR count). The number of carbonyl (C=O) groups excluding carboxylic acids is 1. The van der Waals surface area contributed by atoms with Gasteiger partial charge < -0.3 is 9.64 Å². The van der Waals surface area contributed by atoms with Crippen molar-refractivity contribution in [2.24, 2.45) is 7.05 Å². The monoisotopic (exact) mass is 408 g/mol. The number of nitrogens with zero attached hydrogens (tertiary/aromatic N) is 4. The molecule has 6 nitrogen and oxygen atoms in total. The third kappa shape index (κ3) is 5.04. The van der Waals surface area contributed by atoms with Crippen molar-refractivity contribution in [1.29, 1.82) is 0 Å². The van der Waals surface area contributed by atoms with Crippen LogP contribution < -0.4 is 4.74 Å². The molecular formula is C23H25FN4O2. The van der Waals surface area contributed by atoms with Crippen molar-refractivity contribution in [3.05, 3.63) is 83.4 Å². The van der Waals surface area contributed by atoms with E-state index in [2.05, 4.69) is 10.00 Å². The summed E-state index contributed by atoms with van der Waals surface area (Å²) in [6, 6.07) is 13.4. The molecule has 0 aliphatic carbocycles. The molecule has 2 aromatic carbocycles. The normalized spacial score (nSPS) is 14.7. The molecule has 0 spiro atoms. The van der Waals surface area contributed by atoms with Crippen LogP contribution in [0, 0.1) is 5.82 Å². The molecule has 1 aliphatic heterocycles. The quantitative estimate of drug-likeness (QED) is 0.629. The third-order valence-electron chi connectivity index (χ3n) is 5.24. The maximum atomic E-state index is 12.9. The van der Waals surface area contributed by atoms with Gasteiger partial charge in [0, 0.05) is 57.1 Å². The van der Waals surface area contributed by atoms with Crippen molar-refractivity contribution >= 4 is 5.91 Å². The number of benzene rings is 2. The number of rotatable bonds is 6. The molecule has 0 radical (unpaired) electrons. The first kappa shape index (κ1) is 20.1. The fraction of sp³-hybridized carbons (Fsp3) is 0.304. The van der Waals surface area contributed by atoms with Crippen LogP contribution in [-0.4, -0.2) is 51.7 Å². The molecule has 1 aromatic heterocycles. The number of aryl methyl sites for hydroxylation is 1. The summed E-state index contributed by atoms with van der Waals surface area (Å²) in [5, 5.41) is 4.21. The Labute approximate surface area is 175 Å². The molecule has 0 N–H and O–H groups in total. The highest BCUT2D eigenvalue weighted by Gasteiger charge is 2.22. The number of aromatic nitrogens is 2. The van der Waals surface area contributed by atoms with E-state index >= 15 is 0 Å². The largest absolute Gasteiger partial charge is 0.489 e. The molecule has 1 fully saturated rings. The summed E-state index contributed by atoms with van der Waals surface area (Å²) in [7, 11) is 1.92. The van der Waals surface area contributed by atoms with Crippen molar-refractivity contribution in [3.8, 4) is 5.75 Å². The molecule has 30 heavy (non-hydrogen) atoms. The van der Waals surface area contributed by atoms with Crippen LogP contribution in [0.25, 0.3) is 0 Å². The SMILES string of the molecule is Cn1cc(CN2CCN(C(=O)c3ccc(COc4ccc(F)cc4)cc3)CC2)cn1. The predicted molar refractivity (Wildman–Crippen MR) is 112 cm³/mol. The Hall–Kier alpha value is -3.19. The van der Waals surface area contributed by atoms with E-state index in [-0.39, 0.29) is 11.7 Å². The zero-order valence-corrected chi connectivity index (χ0v) is 17.0. The molecule has 0 unspecified atom stereocenters. The molecule has 156 valence electrons. The van der Waals surface area contributed by atoms with Crippen LogP contribution in [-0.2, 0) is 20.2 Å². The van der Waals surface area contributed by atoms with E-state index < -0.39 is 0 Å². The Kier molecular flexibility index (Phi) is 6.09. The Balaban J connectivity index is 1.27. The van der Waals surface area contributed by atoms with Gasteiger partial charge in [-0.3, -0.25) is 14.4 Å². The zero-order valence-electron chi connectivity index (χ0n) is 17.0. The number of ether oxygens (including phenoxy) is 1. The number of hydrogen-bond acceptors (Lipinski definition) is 4. The van der Waals surface area contributed by atoms with Gasteiger partial charge >= 0.3 is 0 Å². The number of amides is 1. The van der Waals surface area contributed by atoms with Gasteiger partial charge in [0.1, 0.15) is 18.2 Å². The van der Waals surface area contributed by atoms with Crippen LogP contribution >= 0.6 is 0 Å². The van der Waals surface area contributed by atoms with Gasteiger partial charge in [0.05, 0.1) is 6.20 Å². The summed E-state index contributed by atoms with van der Waals surface area (Å²) >= 11 is 0. The standard InChI is InChI=1S/C23H25FN4O2/c1-26-15-19(14-25-26)16-27-10-12-28(13-11-27)23(29)20-4-2-18(3-5-20)17-30-22-8-6-21(24)7-9-22/h2-9,14-15H,10-13,16-17H2,1H3. The van der Waals surface area contributed by atoms with Crippen LogP contribution in [0.2, 0.25) is 0 Å². The molecule has 2 heterocycles.